The maximum atomic E-state index is 12.4. The topological polar surface area (TPSA) is 81.3 Å². The standard InChI is InChI=1S/C16H15N5O2S/c1-4-9-17-13(22)10(2)24-16-19-18-15-20(3)14(23)11-7-5-6-8-12(11)21(15)16/h1,5-8,10H,9H2,2-3H3,(H,17,22). The lowest BCUT2D eigenvalue weighted by Gasteiger charge is -2.11. The predicted molar refractivity (Wildman–Crippen MR) is 92.9 cm³/mol. The maximum absolute atomic E-state index is 12.4. The highest BCUT2D eigenvalue weighted by molar-refractivity contribution is 8.00. The lowest BCUT2D eigenvalue weighted by Crippen LogP contribution is -2.31. The van der Waals surface area contributed by atoms with Crippen LogP contribution >= 0.6 is 11.8 Å². The van der Waals surface area contributed by atoms with Crippen molar-refractivity contribution in [2.24, 2.45) is 7.05 Å². The highest BCUT2D eigenvalue weighted by Gasteiger charge is 2.20. The number of aryl methyl sites for hydroxylation is 1. The first-order valence-electron chi connectivity index (χ1n) is 7.25. The molecule has 0 saturated heterocycles. The molecule has 3 rings (SSSR count). The second-order valence-electron chi connectivity index (χ2n) is 5.18. The van der Waals surface area contributed by atoms with Crippen LogP contribution < -0.4 is 10.9 Å². The van der Waals surface area contributed by atoms with E-state index in [9.17, 15) is 9.59 Å². The molecule has 3 aromatic rings. The van der Waals surface area contributed by atoms with Crippen LogP contribution in [0.3, 0.4) is 0 Å². The molecule has 0 bridgehead atoms. The van der Waals surface area contributed by atoms with E-state index >= 15 is 0 Å². The van der Waals surface area contributed by atoms with Crippen LogP contribution in [0.1, 0.15) is 6.92 Å². The van der Waals surface area contributed by atoms with E-state index in [1.807, 2.05) is 18.2 Å². The Morgan fingerprint density at radius 2 is 2.17 bits per heavy atom. The molecule has 1 aromatic carbocycles. The van der Waals surface area contributed by atoms with Gasteiger partial charge in [-0.05, 0) is 19.1 Å². The summed E-state index contributed by atoms with van der Waals surface area (Å²) in [6.45, 7) is 1.95. The molecule has 1 atom stereocenters. The molecular formula is C16H15N5O2S. The molecule has 0 aliphatic heterocycles. The van der Waals surface area contributed by atoms with E-state index in [0.29, 0.717) is 21.8 Å². The normalized spacial score (nSPS) is 12.2. The van der Waals surface area contributed by atoms with Gasteiger partial charge in [-0.25, -0.2) is 0 Å². The Balaban J connectivity index is 2.09. The van der Waals surface area contributed by atoms with Crippen LogP contribution in [-0.4, -0.2) is 36.9 Å². The number of para-hydroxylation sites is 1. The van der Waals surface area contributed by atoms with Crippen molar-refractivity contribution in [1.29, 1.82) is 0 Å². The zero-order valence-corrected chi connectivity index (χ0v) is 14.0. The number of nitrogens with zero attached hydrogens (tertiary/aromatic N) is 4. The van der Waals surface area contributed by atoms with Gasteiger partial charge in [-0.3, -0.25) is 18.6 Å². The van der Waals surface area contributed by atoms with E-state index in [1.165, 1.54) is 16.3 Å². The van der Waals surface area contributed by atoms with Crippen LogP contribution in [0.25, 0.3) is 16.7 Å². The number of fused-ring (bicyclic) bond motifs is 3. The Kier molecular flexibility index (Phi) is 4.27. The minimum atomic E-state index is -0.401. The van der Waals surface area contributed by atoms with Gasteiger partial charge in [-0.1, -0.05) is 29.8 Å². The fraction of sp³-hybridized carbons (Fsp3) is 0.250. The number of terminal acetylenes is 1. The molecule has 2 aromatic heterocycles. The van der Waals surface area contributed by atoms with Crippen molar-refractivity contribution in [3.63, 3.8) is 0 Å². The minimum Gasteiger partial charge on any atom is -0.344 e. The number of thioether (sulfide) groups is 1. The Morgan fingerprint density at radius 3 is 2.92 bits per heavy atom. The Hall–Kier alpha value is -2.79. The van der Waals surface area contributed by atoms with Crippen molar-refractivity contribution in [3.8, 4) is 12.3 Å². The van der Waals surface area contributed by atoms with Gasteiger partial charge in [0.1, 0.15) is 0 Å². The third-order valence-corrected chi connectivity index (χ3v) is 4.66. The Bertz CT molecular complexity index is 1030. The number of hydrogen-bond donors (Lipinski definition) is 1. The van der Waals surface area contributed by atoms with E-state index in [4.69, 9.17) is 6.42 Å². The Labute approximate surface area is 142 Å². The molecule has 0 saturated carbocycles. The first-order chi connectivity index (χ1) is 11.5. The summed E-state index contributed by atoms with van der Waals surface area (Å²) in [6, 6.07) is 7.25. The Morgan fingerprint density at radius 1 is 1.42 bits per heavy atom. The molecule has 1 N–H and O–H groups in total. The van der Waals surface area contributed by atoms with Gasteiger partial charge in [0, 0.05) is 7.05 Å². The second-order valence-corrected chi connectivity index (χ2v) is 6.49. The number of hydrogen-bond acceptors (Lipinski definition) is 5. The number of aromatic nitrogens is 4. The van der Waals surface area contributed by atoms with Crippen molar-refractivity contribution < 1.29 is 4.79 Å². The van der Waals surface area contributed by atoms with E-state index in [-0.39, 0.29) is 18.0 Å². The van der Waals surface area contributed by atoms with Crippen LogP contribution in [0.4, 0.5) is 0 Å². The molecule has 0 fully saturated rings. The first kappa shape index (κ1) is 16.1. The SMILES string of the molecule is C#CCNC(=O)C(C)Sc1nnc2n(C)c(=O)c3ccccc3n12. The fourth-order valence-electron chi connectivity index (χ4n) is 2.38. The highest BCUT2D eigenvalue weighted by Crippen LogP contribution is 2.24. The van der Waals surface area contributed by atoms with E-state index in [0.717, 1.165) is 0 Å². The van der Waals surface area contributed by atoms with Crippen LogP contribution in [0.15, 0.2) is 34.2 Å². The summed E-state index contributed by atoms with van der Waals surface area (Å²) < 4.78 is 3.23. The van der Waals surface area contributed by atoms with Gasteiger partial charge in [0.2, 0.25) is 11.7 Å². The van der Waals surface area contributed by atoms with Crippen LogP contribution in [0.5, 0.6) is 0 Å². The van der Waals surface area contributed by atoms with Crippen molar-refractivity contribution in [3.05, 3.63) is 34.6 Å². The summed E-state index contributed by atoms with van der Waals surface area (Å²) in [6.07, 6.45) is 5.15. The smallest absolute Gasteiger partial charge is 0.262 e. The third kappa shape index (κ3) is 2.63. The van der Waals surface area contributed by atoms with E-state index < -0.39 is 5.25 Å². The molecule has 0 aliphatic rings. The molecule has 1 unspecified atom stereocenters. The molecule has 122 valence electrons. The zero-order valence-electron chi connectivity index (χ0n) is 13.2. The summed E-state index contributed by atoms with van der Waals surface area (Å²) >= 11 is 1.26. The number of rotatable bonds is 4. The monoisotopic (exact) mass is 341 g/mol. The molecule has 0 aliphatic carbocycles. The molecular weight excluding hydrogens is 326 g/mol. The van der Waals surface area contributed by atoms with Gasteiger partial charge in [-0.15, -0.1) is 16.6 Å². The third-order valence-electron chi connectivity index (χ3n) is 3.61. The number of benzene rings is 1. The number of carbonyl (C=O) groups is 1. The van der Waals surface area contributed by atoms with Crippen molar-refractivity contribution in [1.82, 2.24) is 24.5 Å². The van der Waals surface area contributed by atoms with Crippen molar-refractivity contribution >= 4 is 34.3 Å². The lowest BCUT2D eigenvalue weighted by atomic mass is 10.2. The van der Waals surface area contributed by atoms with E-state index in [1.54, 1.807) is 24.4 Å². The van der Waals surface area contributed by atoms with Crippen molar-refractivity contribution in [2.45, 2.75) is 17.3 Å². The minimum absolute atomic E-state index is 0.137. The van der Waals surface area contributed by atoms with Crippen LogP contribution in [0, 0.1) is 12.3 Å². The highest BCUT2D eigenvalue weighted by atomic mass is 32.2. The second kappa shape index (κ2) is 6.37. The largest absolute Gasteiger partial charge is 0.344 e. The zero-order chi connectivity index (χ0) is 17.3. The molecule has 0 spiro atoms. The summed E-state index contributed by atoms with van der Waals surface area (Å²) in [5, 5.41) is 11.6. The average Bonchev–Trinajstić information content (AvgIpc) is 3.01. The summed E-state index contributed by atoms with van der Waals surface area (Å²) in [5.41, 5.74) is 0.571. The lowest BCUT2D eigenvalue weighted by molar-refractivity contribution is -0.120. The molecule has 7 nitrogen and oxygen atoms in total. The fourth-order valence-corrected chi connectivity index (χ4v) is 3.26. The van der Waals surface area contributed by atoms with Gasteiger partial charge in [0.25, 0.3) is 5.56 Å². The first-order valence-corrected chi connectivity index (χ1v) is 8.13. The van der Waals surface area contributed by atoms with Crippen molar-refractivity contribution in [2.75, 3.05) is 6.54 Å². The number of carbonyl (C=O) groups excluding carboxylic acids is 1. The van der Waals surface area contributed by atoms with Gasteiger partial charge in [-0.2, -0.15) is 0 Å². The predicted octanol–water partition coefficient (Wildman–Crippen LogP) is 0.811. The average molecular weight is 341 g/mol. The molecule has 24 heavy (non-hydrogen) atoms. The number of amides is 1. The van der Waals surface area contributed by atoms with Gasteiger partial charge >= 0.3 is 0 Å². The number of nitrogens with one attached hydrogen (secondary N) is 1. The van der Waals surface area contributed by atoms with Gasteiger partial charge < -0.3 is 5.32 Å². The van der Waals surface area contributed by atoms with E-state index in [2.05, 4.69) is 21.4 Å². The van der Waals surface area contributed by atoms with Gasteiger partial charge in [0.05, 0.1) is 22.7 Å². The summed E-state index contributed by atoms with van der Waals surface area (Å²) in [4.78, 5) is 24.4. The van der Waals surface area contributed by atoms with Gasteiger partial charge in [0.15, 0.2) is 5.16 Å². The summed E-state index contributed by atoms with van der Waals surface area (Å²) in [7, 11) is 1.65. The quantitative estimate of drug-likeness (QED) is 0.561. The molecule has 1 amide bonds. The summed E-state index contributed by atoms with van der Waals surface area (Å²) in [5.74, 6) is 2.62. The van der Waals surface area contributed by atoms with Crippen LogP contribution in [0.2, 0.25) is 0 Å². The van der Waals surface area contributed by atoms with Crippen LogP contribution in [-0.2, 0) is 11.8 Å². The maximum Gasteiger partial charge on any atom is 0.262 e. The molecule has 0 radical (unpaired) electrons. The molecule has 2 heterocycles. The molecule has 8 heteroatoms.